The largest absolute Gasteiger partial charge is 0.481 e. The lowest BCUT2D eigenvalue weighted by molar-refractivity contribution is -0.119. The Bertz CT molecular complexity index is 2060. The van der Waals surface area contributed by atoms with E-state index in [1.165, 1.54) is 0 Å². The maximum absolute atomic E-state index is 13.3. The van der Waals surface area contributed by atoms with Crippen LogP contribution in [0.1, 0.15) is 31.2 Å². The first-order valence-electron chi connectivity index (χ1n) is 16.1. The molecule has 0 spiro atoms. The summed E-state index contributed by atoms with van der Waals surface area (Å²) in [6.07, 6.45) is 3.25. The first-order chi connectivity index (χ1) is 23.7. The summed E-state index contributed by atoms with van der Waals surface area (Å²) in [4.78, 5) is 29.6. The Morgan fingerprint density at radius 2 is 1.69 bits per heavy atom. The Hall–Kier alpha value is -4.26. The van der Waals surface area contributed by atoms with Crippen LogP contribution < -0.4 is 26.2 Å². The van der Waals surface area contributed by atoms with Crippen molar-refractivity contribution in [3.8, 4) is 39.4 Å². The van der Waals surface area contributed by atoms with Gasteiger partial charge < -0.3 is 25.4 Å². The lowest BCUT2D eigenvalue weighted by atomic mass is 9.97. The highest BCUT2D eigenvalue weighted by molar-refractivity contribution is 6.39. The number of pyridine rings is 1. The summed E-state index contributed by atoms with van der Waals surface area (Å²) in [6, 6.07) is 17.3. The van der Waals surface area contributed by atoms with Crippen molar-refractivity contribution in [2.24, 2.45) is 7.05 Å². The number of amides is 1. The Morgan fingerprint density at radius 3 is 2.39 bits per heavy atom. The molecule has 1 aliphatic rings. The lowest BCUT2D eigenvalue weighted by Gasteiger charge is -2.15. The van der Waals surface area contributed by atoms with Crippen molar-refractivity contribution in [1.29, 1.82) is 0 Å². The van der Waals surface area contributed by atoms with Crippen LogP contribution in [0.2, 0.25) is 10.0 Å². The molecule has 0 bridgehead atoms. The second-order valence-corrected chi connectivity index (χ2v) is 12.9. The molecule has 3 N–H and O–H groups in total. The van der Waals surface area contributed by atoms with Gasteiger partial charge >= 0.3 is 0 Å². The molecule has 0 aliphatic carbocycles. The van der Waals surface area contributed by atoms with Crippen LogP contribution in [0.4, 0.5) is 0 Å². The molecule has 0 radical (unpaired) electrons. The van der Waals surface area contributed by atoms with Crippen molar-refractivity contribution in [2.45, 2.75) is 45.0 Å². The zero-order valence-corrected chi connectivity index (χ0v) is 29.4. The molecule has 1 amide bonds. The molecule has 11 nitrogen and oxygen atoms in total. The highest BCUT2D eigenvalue weighted by atomic mass is 35.5. The predicted octanol–water partition coefficient (Wildman–Crippen LogP) is 5.24. The van der Waals surface area contributed by atoms with Gasteiger partial charge in [0, 0.05) is 85.8 Å². The van der Waals surface area contributed by atoms with Crippen molar-refractivity contribution in [1.82, 2.24) is 35.1 Å². The summed E-state index contributed by atoms with van der Waals surface area (Å²) in [7, 11) is 4.97. The molecule has 256 valence electrons. The average molecular weight is 705 g/mol. The van der Waals surface area contributed by atoms with Crippen LogP contribution in [0, 0.1) is 0 Å². The minimum absolute atomic E-state index is 0.0363. The number of aromatic nitrogens is 4. The van der Waals surface area contributed by atoms with Crippen molar-refractivity contribution in [2.75, 3.05) is 27.3 Å². The fourth-order valence-corrected chi connectivity index (χ4v) is 6.65. The Balaban J connectivity index is 1.27. The summed E-state index contributed by atoms with van der Waals surface area (Å²) in [5.74, 6) is 1.18. The molecule has 2 aromatic carbocycles. The van der Waals surface area contributed by atoms with Crippen LogP contribution in [0.25, 0.3) is 39.0 Å². The van der Waals surface area contributed by atoms with Crippen molar-refractivity contribution >= 4 is 34.6 Å². The smallest absolute Gasteiger partial charge is 0.277 e. The average Bonchev–Trinajstić information content (AvgIpc) is 3.73. The molecule has 6 rings (SSSR count). The van der Waals surface area contributed by atoms with Gasteiger partial charge in [0.05, 0.1) is 35.5 Å². The summed E-state index contributed by atoms with van der Waals surface area (Å²) >= 11 is 14.2. The van der Waals surface area contributed by atoms with E-state index in [1.807, 2.05) is 61.7 Å². The molecule has 0 saturated carbocycles. The van der Waals surface area contributed by atoms with Gasteiger partial charge in [-0.05, 0) is 25.5 Å². The van der Waals surface area contributed by atoms with E-state index in [0.29, 0.717) is 65.6 Å². The Labute approximate surface area is 294 Å². The topological polar surface area (TPSA) is 124 Å². The molecule has 5 aromatic rings. The fourth-order valence-electron chi connectivity index (χ4n) is 5.99. The van der Waals surface area contributed by atoms with Gasteiger partial charge in [-0.1, -0.05) is 65.7 Å². The summed E-state index contributed by atoms with van der Waals surface area (Å²) in [6.45, 7) is 4.22. The third kappa shape index (κ3) is 7.36. The van der Waals surface area contributed by atoms with E-state index in [4.69, 9.17) is 42.8 Å². The maximum atomic E-state index is 13.3. The first kappa shape index (κ1) is 34.6. The van der Waals surface area contributed by atoms with E-state index in [9.17, 15) is 9.59 Å². The number of nitrogens with one attached hydrogen (secondary N) is 3. The molecule has 2 atom stereocenters. The number of hydrogen-bond acceptors (Lipinski definition) is 8. The molecule has 1 fully saturated rings. The SMILES string of the molecule is COc1nc(-c2cccc(-c3cccc(-c4cc5c(=O)n(C)c(CNC[C@H](C)OC)nn5c4)c3Cl)c2Cl)ccc1CNC[C@H]1CCC(=O)N1. The van der Waals surface area contributed by atoms with Crippen molar-refractivity contribution < 1.29 is 14.3 Å². The fraction of sp³-hybridized carbons (Fsp3) is 0.333. The number of ether oxygens (including phenoxy) is 2. The van der Waals surface area contributed by atoms with E-state index in [0.717, 1.165) is 39.8 Å². The minimum atomic E-state index is -0.159. The second kappa shape index (κ2) is 15.1. The van der Waals surface area contributed by atoms with Gasteiger partial charge in [0.25, 0.3) is 5.56 Å². The van der Waals surface area contributed by atoms with Gasteiger partial charge in [0.15, 0.2) is 0 Å². The van der Waals surface area contributed by atoms with Gasteiger partial charge in [-0.2, -0.15) is 5.10 Å². The third-order valence-electron chi connectivity index (χ3n) is 8.85. The Kier molecular flexibility index (Phi) is 10.7. The summed E-state index contributed by atoms with van der Waals surface area (Å²) < 4.78 is 14.1. The van der Waals surface area contributed by atoms with E-state index in [2.05, 4.69) is 16.0 Å². The van der Waals surface area contributed by atoms with Crippen LogP contribution in [-0.4, -0.2) is 64.5 Å². The molecule has 0 unspecified atom stereocenters. The highest BCUT2D eigenvalue weighted by Gasteiger charge is 2.21. The van der Waals surface area contributed by atoms with Crippen LogP contribution in [0.15, 0.2) is 65.6 Å². The minimum Gasteiger partial charge on any atom is -0.481 e. The van der Waals surface area contributed by atoms with Crippen LogP contribution in [-0.2, 0) is 29.7 Å². The molecular formula is C36H39Cl2N7O4. The number of halogens is 2. The van der Waals surface area contributed by atoms with Crippen molar-refractivity contribution in [3.63, 3.8) is 0 Å². The number of carbonyl (C=O) groups is 1. The standard InChI is InChI=1S/C36H39Cl2N7O4/c1-21(48-3)16-39-19-31-43-45-20-23(15-30(45)36(47)44(31)2)25-7-5-8-26(33(25)37)27-9-6-10-28(34(27)38)29-13-11-22(35(42-29)49-4)17-40-18-24-12-14-32(46)41-24/h5-11,13,15,20-21,24,39-40H,12,14,16-19H2,1-4H3,(H,41,46)/t21-,24+/m0/s1. The van der Waals surface area contributed by atoms with Gasteiger partial charge in [0.2, 0.25) is 11.8 Å². The van der Waals surface area contributed by atoms with E-state index in [1.54, 1.807) is 36.4 Å². The number of fused-ring (bicyclic) bond motifs is 1. The normalized spacial score (nSPS) is 15.1. The number of benzene rings is 2. The number of nitrogens with zero attached hydrogens (tertiary/aromatic N) is 4. The second-order valence-electron chi connectivity index (χ2n) is 12.1. The zero-order chi connectivity index (χ0) is 34.7. The molecule has 1 aliphatic heterocycles. The van der Waals surface area contributed by atoms with Crippen molar-refractivity contribution in [3.05, 3.63) is 92.6 Å². The van der Waals surface area contributed by atoms with E-state index >= 15 is 0 Å². The lowest BCUT2D eigenvalue weighted by Crippen LogP contribution is -2.35. The Morgan fingerprint density at radius 1 is 0.980 bits per heavy atom. The predicted molar refractivity (Wildman–Crippen MR) is 192 cm³/mol. The molecular weight excluding hydrogens is 665 g/mol. The number of hydrogen-bond donors (Lipinski definition) is 3. The van der Waals surface area contributed by atoms with Gasteiger partial charge in [-0.15, -0.1) is 0 Å². The van der Waals surface area contributed by atoms with E-state index in [-0.39, 0.29) is 23.6 Å². The summed E-state index contributed by atoms with van der Waals surface area (Å²) in [5.41, 5.74) is 5.56. The van der Waals surface area contributed by atoms with Gasteiger partial charge in [-0.25, -0.2) is 9.50 Å². The third-order valence-corrected chi connectivity index (χ3v) is 9.66. The highest BCUT2D eigenvalue weighted by Crippen LogP contribution is 2.42. The quantitative estimate of drug-likeness (QED) is 0.152. The maximum Gasteiger partial charge on any atom is 0.277 e. The monoisotopic (exact) mass is 703 g/mol. The van der Waals surface area contributed by atoms with E-state index < -0.39 is 0 Å². The molecule has 3 aromatic heterocycles. The summed E-state index contributed by atoms with van der Waals surface area (Å²) in [5, 5.41) is 15.3. The van der Waals surface area contributed by atoms with Gasteiger partial charge in [0.1, 0.15) is 11.3 Å². The van der Waals surface area contributed by atoms with Crippen LogP contribution >= 0.6 is 23.2 Å². The van der Waals surface area contributed by atoms with Crippen LogP contribution in [0.3, 0.4) is 0 Å². The number of carbonyl (C=O) groups excluding carboxylic acids is 1. The van der Waals surface area contributed by atoms with Crippen LogP contribution in [0.5, 0.6) is 5.88 Å². The number of rotatable bonds is 13. The number of methoxy groups -OCH3 is 2. The molecule has 4 heterocycles. The molecule has 13 heteroatoms. The molecule has 1 saturated heterocycles. The molecule has 49 heavy (non-hydrogen) atoms. The van der Waals surface area contributed by atoms with Gasteiger partial charge in [-0.3, -0.25) is 14.2 Å². The zero-order valence-electron chi connectivity index (χ0n) is 27.8. The first-order valence-corrected chi connectivity index (χ1v) is 16.9.